The highest BCUT2D eigenvalue weighted by atomic mass is 16.3. The molecule has 0 aromatic carbocycles. The number of hydrogen-bond acceptors (Lipinski definition) is 3. The van der Waals surface area contributed by atoms with Crippen molar-refractivity contribution in [2.45, 2.75) is 19.3 Å². The van der Waals surface area contributed by atoms with Crippen molar-refractivity contribution in [3.63, 3.8) is 0 Å². The largest absolute Gasteiger partial charge is 0.395 e. The number of aromatic nitrogens is 1. The Hall–Kier alpha value is -0.930. The lowest BCUT2D eigenvalue weighted by Gasteiger charge is -2.14. The molecular weight excluding hydrogens is 188 g/mol. The van der Waals surface area contributed by atoms with Crippen LogP contribution in [0.25, 0.3) is 0 Å². The van der Waals surface area contributed by atoms with Crippen LogP contribution in [0.3, 0.4) is 0 Å². The standard InChI is InChI=1S/C12H20N2O/c1-14(9-10-15)8-3-2-5-12-6-4-7-13-11-12/h4,6-7,11,15H,2-3,5,8-10H2,1H3. The lowest BCUT2D eigenvalue weighted by Crippen LogP contribution is -2.23. The van der Waals surface area contributed by atoms with Gasteiger partial charge in [-0.3, -0.25) is 4.98 Å². The Balaban J connectivity index is 2.07. The summed E-state index contributed by atoms with van der Waals surface area (Å²) in [6.45, 7) is 2.08. The molecule has 3 heteroatoms. The van der Waals surface area contributed by atoms with E-state index in [0.29, 0.717) is 0 Å². The quantitative estimate of drug-likeness (QED) is 0.687. The molecule has 1 heterocycles. The minimum Gasteiger partial charge on any atom is -0.395 e. The molecule has 0 atom stereocenters. The van der Waals surface area contributed by atoms with Gasteiger partial charge in [-0.05, 0) is 44.5 Å². The van der Waals surface area contributed by atoms with Crippen LogP contribution in [0.2, 0.25) is 0 Å². The van der Waals surface area contributed by atoms with E-state index in [-0.39, 0.29) is 6.61 Å². The van der Waals surface area contributed by atoms with Crippen LogP contribution in [0, 0.1) is 0 Å². The average Bonchev–Trinajstić information content (AvgIpc) is 2.26. The number of aliphatic hydroxyl groups excluding tert-OH is 1. The molecule has 0 saturated heterocycles. The smallest absolute Gasteiger partial charge is 0.0558 e. The number of aryl methyl sites for hydroxylation is 1. The number of hydrogen-bond donors (Lipinski definition) is 1. The van der Waals surface area contributed by atoms with E-state index in [1.54, 1.807) is 6.20 Å². The monoisotopic (exact) mass is 208 g/mol. The van der Waals surface area contributed by atoms with Gasteiger partial charge >= 0.3 is 0 Å². The molecule has 1 N–H and O–H groups in total. The van der Waals surface area contributed by atoms with E-state index >= 15 is 0 Å². The van der Waals surface area contributed by atoms with E-state index in [4.69, 9.17) is 5.11 Å². The van der Waals surface area contributed by atoms with Crippen molar-refractivity contribution in [2.75, 3.05) is 26.7 Å². The number of likely N-dealkylation sites (N-methyl/N-ethyl adjacent to an activating group) is 1. The topological polar surface area (TPSA) is 36.4 Å². The molecule has 0 aliphatic carbocycles. The summed E-state index contributed by atoms with van der Waals surface area (Å²) in [5.74, 6) is 0. The van der Waals surface area contributed by atoms with Gasteiger partial charge in [0.25, 0.3) is 0 Å². The van der Waals surface area contributed by atoms with E-state index in [0.717, 1.165) is 19.5 Å². The van der Waals surface area contributed by atoms with Gasteiger partial charge in [-0.2, -0.15) is 0 Å². The predicted molar refractivity (Wildman–Crippen MR) is 61.8 cm³/mol. The van der Waals surface area contributed by atoms with Crippen LogP contribution in [-0.2, 0) is 6.42 Å². The molecule has 0 unspecified atom stereocenters. The first-order valence-electron chi connectivity index (χ1n) is 5.51. The molecule has 0 saturated carbocycles. The van der Waals surface area contributed by atoms with Gasteiger partial charge in [-0.15, -0.1) is 0 Å². The normalized spacial score (nSPS) is 10.9. The van der Waals surface area contributed by atoms with E-state index < -0.39 is 0 Å². The van der Waals surface area contributed by atoms with Crippen LogP contribution in [0.1, 0.15) is 18.4 Å². The number of pyridine rings is 1. The fourth-order valence-electron chi connectivity index (χ4n) is 1.54. The summed E-state index contributed by atoms with van der Waals surface area (Å²) in [7, 11) is 2.04. The third kappa shape index (κ3) is 5.50. The van der Waals surface area contributed by atoms with Crippen LogP contribution in [0.4, 0.5) is 0 Å². The van der Waals surface area contributed by atoms with Gasteiger partial charge in [-0.25, -0.2) is 0 Å². The molecule has 0 amide bonds. The molecule has 0 aliphatic rings. The molecule has 1 aromatic rings. The number of aliphatic hydroxyl groups is 1. The maximum Gasteiger partial charge on any atom is 0.0558 e. The zero-order chi connectivity index (χ0) is 10.9. The predicted octanol–water partition coefficient (Wildman–Crippen LogP) is 1.33. The maximum atomic E-state index is 8.72. The number of unbranched alkanes of at least 4 members (excludes halogenated alkanes) is 1. The minimum atomic E-state index is 0.249. The van der Waals surface area contributed by atoms with Crippen LogP contribution < -0.4 is 0 Å². The van der Waals surface area contributed by atoms with Crippen molar-refractivity contribution in [2.24, 2.45) is 0 Å². The van der Waals surface area contributed by atoms with Crippen LogP contribution in [0.15, 0.2) is 24.5 Å². The Morgan fingerprint density at radius 1 is 1.33 bits per heavy atom. The van der Waals surface area contributed by atoms with Gasteiger partial charge < -0.3 is 10.0 Å². The second kappa shape index (κ2) is 7.37. The summed E-state index contributed by atoms with van der Waals surface area (Å²) in [5.41, 5.74) is 1.31. The Labute approximate surface area is 91.8 Å². The highest BCUT2D eigenvalue weighted by Crippen LogP contribution is 2.03. The Bertz CT molecular complexity index is 251. The van der Waals surface area contributed by atoms with Crippen LogP contribution in [0.5, 0.6) is 0 Å². The third-order valence-electron chi connectivity index (χ3n) is 2.46. The summed E-state index contributed by atoms with van der Waals surface area (Å²) in [4.78, 5) is 6.24. The zero-order valence-corrected chi connectivity index (χ0v) is 9.39. The average molecular weight is 208 g/mol. The van der Waals surface area contributed by atoms with E-state index in [1.165, 1.54) is 18.4 Å². The Morgan fingerprint density at radius 3 is 2.87 bits per heavy atom. The van der Waals surface area contributed by atoms with Gasteiger partial charge in [0.2, 0.25) is 0 Å². The third-order valence-corrected chi connectivity index (χ3v) is 2.46. The fourth-order valence-corrected chi connectivity index (χ4v) is 1.54. The van der Waals surface area contributed by atoms with Gasteiger partial charge in [0, 0.05) is 18.9 Å². The van der Waals surface area contributed by atoms with Crippen molar-refractivity contribution in [3.8, 4) is 0 Å². The highest BCUT2D eigenvalue weighted by molar-refractivity contribution is 5.08. The lowest BCUT2D eigenvalue weighted by molar-refractivity contribution is 0.219. The summed E-state index contributed by atoms with van der Waals surface area (Å²) < 4.78 is 0. The molecule has 1 aromatic heterocycles. The summed E-state index contributed by atoms with van der Waals surface area (Å²) in [5, 5.41) is 8.72. The molecule has 0 radical (unpaired) electrons. The maximum absolute atomic E-state index is 8.72. The van der Waals surface area contributed by atoms with Gasteiger partial charge in [0.05, 0.1) is 6.61 Å². The first-order chi connectivity index (χ1) is 7.33. The van der Waals surface area contributed by atoms with Crippen molar-refractivity contribution >= 4 is 0 Å². The summed E-state index contributed by atoms with van der Waals surface area (Å²) >= 11 is 0. The molecular formula is C12H20N2O. The zero-order valence-electron chi connectivity index (χ0n) is 9.39. The molecule has 0 fully saturated rings. The van der Waals surface area contributed by atoms with Crippen molar-refractivity contribution < 1.29 is 5.11 Å². The van der Waals surface area contributed by atoms with Gasteiger partial charge in [-0.1, -0.05) is 6.07 Å². The SMILES string of the molecule is CN(CCO)CCCCc1cccnc1. The van der Waals surface area contributed by atoms with Crippen molar-refractivity contribution in [1.29, 1.82) is 0 Å². The van der Waals surface area contributed by atoms with E-state index in [9.17, 15) is 0 Å². The first-order valence-corrected chi connectivity index (χ1v) is 5.51. The van der Waals surface area contributed by atoms with E-state index in [2.05, 4.69) is 16.0 Å². The first kappa shape index (κ1) is 12.1. The Morgan fingerprint density at radius 2 is 2.20 bits per heavy atom. The number of nitrogens with zero attached hydrogens (tertiary/aromatic N) is 2. The molecule has 15 heavy (non-hydrogen) atoms. The lowest BCUT2D eigenvalue weighted by atomic mass is 10.1. The van der Waals surface area contributed by atoms with Crippen LogP contribution >= 0.6 is 0 Å². The molecule has 0 spiro atoms. The summed E-state index contributed by atoms with van der Waals surface area (Å²) in [6, 6.07) is 4.09. The minimum absolute atomic E-state index is 0.249. The fraction of sp³-hybridized carbons (Fsp3) is 0.583. The van der Waals surface area contributed by atoms with Gasteiger partial charge in [0.1, 0.15) is 0 Å². The molecule has 0 aliphatic heterocycles. The van der Waals surface area contributed by atoms with E-state index in [1.807, 2.05) is 19.3 Å². The summed E-state index contributed by atoms with van der Waals surface area (Å²) in [6.07, 6.45) is 7.18. The Kier molecular flexibility index (Phi) is 5.97. The number of rotatable bonds is 7. The second-order valence-corrected chi connectivity index (χ2v) is 3.85. The van der Waals surface area contributed by atoms with Crippen molar-refractivity contribution in [1.82, 2.24) is 9.88 Å². The van der Waals surface area contributed by atoms with Crippen molar-refractivity contribution in [3.05, 3.63) is 30.1 Å². The molecule has 84 valence electrons. The second-order valence-electron chi connectivity index (χ2n) is 3.85. The molecule has 3 nitrogen and oxygen atoms in total. The highest BCUT2D eigenvalue weighted by Gasteiger charge is 1.97. The van der Waals surface area contributed by atoms with Gasteiger partial charge in [0.15, 0.2) is 0 Å². The van der Waals surface area contributed by atoms with Crippen LogP contribution in [-0.4, -0.2) is 41.7 Å². The molecule has 1 rings (SSSR count). The molecule has 0 bridgehead atoms.